The number of imidazole rings is 1. The monoisotopic (exact) mass is 282 g/mol. The number of nitro groups is 1. The summed E-state index contributed by atoms with van der Waals surface area (Å²) in [4.78, 5) is 18.1. The number of nitrogens with zero attached hydrogens (tertiary/aromatic N) is 2. The predicted molar refractivity (Wildman–Crippen MR) is 82.3 cm³/mol. The van der Waals surface area contributed by atoms with Crippen molar-refractivity contribution in [3.05, 3.63) is 52.6 Å². The van der Waals surface area contributed by atoms with E-state index >= 15 is 0 Å². The summed E-state index contributed by atoms with van der Waals surface area (Å²) in [5.41, 5.74) is 3.57. The first-order chi connectivity index (χ1) is 10.2. The zero-order chi connectivity index (χ0) is 14.8. The molecule has 0 aliphatic carbocycles. The van der Waals surface area contributed by atoms with Gasteiger partial charge in [0.05, 0.1) is 16.0 Å². The van der Waals surface area contributed by atoms with E-state index in [-0.39, 0.29) is 10.6 Å². The van der Waals surface area contributed by atoms with Crippen LogP contribution < -0.4 is 5.32 Å². The molecule has 0 atom stereocenters. The van der Waals surface area contributed by atoms with Gasteiger partial charge in [0, 0.05) is 18.7 Å². The first-order valence-electron chi connectivity index (χ1n) is 6.66. The van der Waals surface area contributed by atoms with Crippen LogP contribution in [0, 0.1) is 10.1 Å². The van der Waals surface area contributed by atoms with E-state index in [9.17, 15) is 10.1 Å². The molecule has 0 spiro atoms. The molecule has 6 heteroatoms. The summed E-state index contributed by atoms with van der Waals surface area (Å²) in [5, 5.41) is 14.0. The minimum Gasteiger partial charge on any atom is -0.356 e. The number of H-pyrrole nitrogens is 1. The van der Waals surface area contributed by atoms with E-state index in [0.717, 1.165) is 34.7 Å². The second-order valence-corrected chi connectivity index (χ2v) is 4.66. The van der Waals surface area contributed by atoms with E-state index in [1.165, 1.54) is 6.07 Å². The van der Waals surface area contributed by atoms with Crippen LogP contribution in [0.5, 0.6) is 0 Å². The summed E-state index contributed by atoms with van der Waals surface area (Å²) >= 11 is 0. The Balaban J connectivity index is 2.04. The molecule has 0 radical (unpaired) electrons. The Labute approximate surface area is 121 Å². The molecule has 21 heavy (non-hydrogen) atoms. The van der Waals surface area contributed by atoms with Crippen LogP contribution in [0.4, 0.5) is 11.6 Å². The number of hydrogen-bond acceptors (Lipinski definition) is 4. The number of fused-ring (bicyclic) bond motifs is 1. The van der Waals surface area contributed by atoms with Gasteiger partial charge in [-0.2, -0.15) is 0 Å². The third-order valence-electron chi connectivity index (χ3n) is 3.22. The normalized spacial score (nSPS) is 10.7. The number of non-ortho nitro benzene ring substituents is 1. The molecule has 0 aliphatic heterocycles. The largest absolute Gasteiger partial charge is 0.356 e. The molecule has 0 fully saturated rings. The Morgan fingerprint density at radius 1 is 1.24 bits per heavy atom. The van der Waals surface area contributed by atoms with Gasteiger partial charge in [0.15, 0.2) is 0 Å². The number of aromatic amines is 1. The maximum Gasteiger partial charge on any atom is 0.270 e. The standard InChI is InChI=1S/C15H14N4O2/c1-2-16-15-17-13-7-6-11(9-14(13)18-15)10-4-3-5-12(8-10)19(20)21/h3-9H,2H2,1H3,(H2,16,17,18). The lowest BCUT2D eigenvalue weighted by atomic mass is 10.0. The van der Waals surface area contributed by atoms with Crippen molar-refractivity contribution < 1.29 is 4.92 Å². The fourth-order valence-electron chi connectivity index (χ4n) is 2.24. The summed E-state index contributed by atoms with van der Waals surface area (Å²) < 4.78 is 0. The molecule has 1 heterocycles. The summed E-state index contributed by atoms with van der Waals surface area (Å²) in [5.74, 6) is 0.726. The average molecular weight is 282 g/mol. The quantitative estimate of drug-likeness (QED) is 0.566. The van der Waals surface area contributed by atoms with Gasteiger partial charge >= 0.3 is 0 Å². The molecule has 0 saturated heterocycles. The summed E-state index contributed by atoms with van der Waals surface area (Å²) in [7, 11) is 0. The van der Waals surface area contributed by atoms with Crippen molar-refractivity contribution in [2.45, 2.75) is 6.92 Å². The van der Waals surface area contributed by atoms with Crippen molar-refractivity contribution in [1.82, 2.24) is 9.97 Å². The lowest BCUT2D eigenvalue weighted by Crippen LogP contribution is -1.97. The first-order valence-corrected chi connectivity index (χ1v) is 6.66. The molecule has 106 valence electrons. The van der Waals surface area contributed by atoms with Crippen LogP contribution in [0.2, 0.25) is 0 Å². The maximum absolute atomic E-state index is 10.9. The van der Waals surface area contributed by atoms with E-state index in [4.69, 9.17) is 0 Å². The Bertz CT molecular complexity index is 810. The second-order valence-electron chi connectivity index (χ2n) is 4.66. The molecule has 3 aromatic rings. The van der Waals surface area contributed by atoms with E-state index in [1.807, 2.05) is 31.2 Å². The molecule has 2 N–H and O–H groups in total. The van der Waals surface area contributed by atoms with Gasteiger partial charge in [-0.3, -0.25) is 10.1 Å². The minimum absolute atomic E-state index is 0.0885. The second kappa shape index (κ2) is 5.24. The molecule has 2 aromatic carbocycles. The van der Waals surface area contributed by atoms with Crippen molar-refractivity contribution in [3.63, 3.8) is 0 Å². The van der Waals surface area contributed by atoms with Crippen molar-refractivity contribution in [2.24, 2.45) is 0 Å². The van der Waals surface area contributed by atoms with Gasteiger partial charge < -0.3 is 10.3 Å². The van der Waals surface area contributed by atoms with Crippen molar-refractivity contribution in [1.29, 1.82) is 0 Å². The first kappa shape index (κ1) is 13.1. The highest BCUT2D eigenvalue weighted by atomic mass is 16.6. The van der Waals surface area contributed by atoms with Crippen molar-refractivity contribution in [2.75, 3.05) is 11.9 Å². The highest BCUT2D eigenvalue weighted by Crippen LogP contribution is 2.26. The summed E-state index contributed by atoms with van der Waals surface area (Å²) in [6.45, 7) is 2.79. The fourth-order valence-corrected chi connectivity index (χ4v) is 2.24. The van der Waals surface area contributed by atoms with E-state index < -0.39 is 0 Å². The Morgan fingerprint density at radius 3 is 2.81 bits per heavy atom. The highest BCUT2D eigenvalue weighted by Gasteiger charge is 2.09. The molecule has 3 rings (SSSR count). The van der Waals surface area contributed by atoms with E-state index in [2.05, 4.69) is 15.3 Å². The lowest BCUT2D eigenvalue weighted by Gasteiger charge is -2.01. The molecular weight excluding hydrogens is 268 g/mol. The predicted octanol–water partition coefficient (Wildman–Crippen LogP) is 3.57. The van der Waals surface area contributed by atoms with Crippen molar-refractivity contribution in [3.8, 4) is 11.1 Å². The SMILES string of the molecule is CCNc1nc2ccc(-c3cccc([N+](=O)[O-])c3)cc2[nH]1. The van der Waals surface area contributed by atoms with Gasteiger partial charge in [0.2, 0.25) is 5.95 Å². The minimum atomic E-state index is -0.387. The third kappa shape index (κ3) is 2.55. The van der Waals surface area contributed by atoms with Crippen LogP contribution in [0.15, 0.2) is 42.5 Å². The van der Waals surface area contributed by atoms with Gasteiger partial charge in [-0.1, -0.05) is 18.2 Å². The van der Waals surface area contributed by atoms with Crippen LogP contribution in [0.3, 0.4) is 0 Å². The van der Waals surface area contributed by atoms with Gasteiger partial charge in [0.1, 0.15) is 0 Å². The zero-order valence-corrected chi connectivity index (χ0v) is 11.5. The Kier molecular flexibility index (Phi) is 3.27. The number of hydrogen-bond donors (Lipinski definition) is 2. The van der Waals surface area contributed by atoms with Crippen molar-refractivity contribution >= 4 is 22.7 Å². The van der Waals surface area contributed by atoms with Gasteiger partial charge in [0.25, 0.3) is 5.69 Å². The number of rotatable bonds is 4. The molecule has 0 unspecified atom stereocenters. The summed E-state index contributed by atoms with van der Waals surface area (Å²) in [6, 6.07) is 12.4. The van der Waals surface area contributed by atoms with Gasteiger partial charge in [-0.15, -0.1) is 0 Å². The topological polar surface area (TPSA) is 83.8 Å². The fraction of sp³-hybridized carbons (Fsp3) is 0.133. The number of anilines is 1. The average Bonchev–Trinajstić information content (AvgIpc) is 2.89. The number of nitrogens with one attached hydrogen (secondary N) is 2. The van der Waals surface area contributed by atoms with Gasteiger partial charge in [-0.05, 0) is 30.2 Å². The van der Waals surface area contributed by atoms with E-state index in [0.29, 0.717) is 0 Å². The van der Waals surface area contributed by atoms with E-state index in [1.54, 1.807) is 12.1 Å². The molecule has 1 aromatic heterocycles. The molecular formula is C15H14N4O2. The summed E-state index contributed by atoms with van der Waals surface area (Å²) in [6.07, 6.45) is 0. The molecule has 0 amide bonds. The van der Waals surface area contributed by atoms with Crippen LogP contribution in [0.25, 0.3) is 22.2 Å². The van der Waals surface area contributed by atoms with Crippen LogP contribution in [0.1, 0.15) is 6.92 Å². The number of nitro benzene ring substituents is 1. The van der Waals surface area contributed by atoms with Crippen LogP contribution in [-0.2, 0) is 0 Å². The maximum atomic E-state index is 10.9. The molecule has 6 nitrogen and oxygen atoms in total. The third-order valence-corrected chi connectivity index (χ3v) is 3.22. The smallest absolute Gasteiger partial charge is 0.270 e. The van der Waals surface area contributed by atoms with Gasteiger partial charge in [-0.25, -0.2) is 4.98 Å². The Hall–Kier alpha value is -2.89. The number of aromatic nitrogens is 2. The molecule has 0 bridgehead atoms. The van der Waals surface area contributed by atoms with Crippen LogP contribution in [-0.4, -0.2) is 21.4 Å². The molecule has 0 aliphatic rings. The lowest BCUT2D eigenvalue weighted by molar-refractivity contribution is -0.384. The molecule has 0 saturated carbocycles. The highest BCUT2D eigenvalue weighted by molar-refractivity contribution is 5.83. The zero-order valence-electron chi connectivity index (χ0n) is 11.5. The van der Waals surface area contributed by atoms with Crippen LogP contribution >= 0.6 is 0 Å². The Morgan fingerprint density at radius 2 is 2.05 bits per heavy atom. The number of benzene rings is 2.